The van der Waals surface area contributed by atoms with Gasteiger partial charge in [0.1, 0.15) is 0 Å². The van der Waals surface area contributed by atoms with Gasteiger partial charge in [-0.2, -0.15) is 5.10 Å². The summed E-state index contributed by atoms with van der Waals surface area (Å²) in [5.74, 6) is 0.135. The van der Waals surface area contributed by atoms with Gasteiger partial charge in [0.05, 0.1) is 21.7 Å². The molecule has 1 N–H and O–H groups in total. The van der Waals surface area contributed by atoms with E-state index in [1.54, 1.807) is 11.3 Å². The molecule has 1 atom stereocenters. The van der Waals surface area contributed by atoms with Crippen molar-refractivity contribution in [1.29, 1.82) is 0 Å². The molecule has 1 saturated heterocycles. The number of amides is 1. The Morgan fingerprint density at radius 2 is 2.15 bits per heavy atom. The second-order valence-corrected chi connectivity index (χ2v) is 7.52. The first-order chi connectivity index (χ1) is 13.3. The van der Waals surface area contributed by atoms with E-state index in [-0.39, 0.29) is 5.91 Å². The third-order valence-electron chi connectivity index (χ3n) is 4.68. The predicted molar refractivity (Wildman–Crippen MR) is 109 cm³/mol. The van der Waals surface area contributed by atoms with Crippen LogP contribution in [0.25, 0.3) is 21.5 Å². The summed E-state index contributed by atoms with van der Waals surface area (Å²) < 4.78 is 5.46. The molecule has 1 aliphatic heterocycles. The quantitative estimate of drug-likeness (QED) is 0.536. The number of nitrogens with one attached hydrogen (secondary N) is 1. The molecule has 1 amide bonds. The monoisotopic (exact) mass is 379 g/mol. The zero-order valence-corrected chi connectivity index (χ0v) is 15.7. The van der Waals surface area contributed by atoms with Gasteiger partial charge in [0.2, 0.25) is 0 Å². The van der Waals surface area contributed by atoms with E-state index in [0.717, 1.165) is 54.0 Å². The maximum Gasteiger partial charge on any atom is 0.272 e. The van der Waals surface area contributed by atoms with Crippen molar-refractivity contribution in [2.24, 2.45) is 11.0 Å². The van der Waals surface area contributed by atoms with Crippen LogP contribution in [-0.4, -0.2) is 30.3 Å². The molecule has 0 aliphatic carbocycles. The molecular formula is C21H21N3O2S. The molecule has 6 heteroatoms. The largest absolute Gasteiger partial charge is 0.381 e. The zero-order chi connectivity index (χ0) is 18.5. The third-order valence-corrected chi connectivity index (χ3v) is 5.57. The summed E-state index contributed by atoms with van der Waals surface area (Å²) in [6, 6.07) is 13.5. The first-order valence-corrected chi connectivity index (χ1v) is 10.0. The number of carbonyl (C=O) groups excluding carboxylic acids is 1. The maximum absolute atomic E-state index is 12.8. The fraction of sp³-hybridized carbons (Fsp3) is 0.286. The van der Waals surface area contributed by atoms with Gasteiger partial charge in [0.25, 0.3) is 5.91 Å². The summed E-state index contributed by atoms with van der Waals surface area (Å²) in [5.41, 5.74) is 4.89. The number of aromatic nitrogens is 1. The third kappa shape index (κ3) is 4.23. The van der Waals surface area contributed by atoms with Crippen molar-refractivity contribution in [2.45, 2.75) is 19.3 Å². The molecule has 0 spiro atoms. The molecule has 138 valence electrons. The highest BCUT2D eigenvalue weighted by atomic mass is 32.1. The molecule has 4 rings (SSSR count). The van der Waals surface area contributed by atoms with E-state index in [4.69, 9.17) is 9.72 Å². The average molecular weight is 379 g/mol. The molecule has 0 saturated carbocycles. The Hall–Kier alpha value is -2.57. The van der Waals surface area contributed by atoms with Crippen LogP contribution in [0.2, 0.25) is 0 Å². The molecule has 1 aliphatic rings. The van der Waals surface area contributed by atoms with Crippen LogP contribution in [0.5, 0.6) is 0 Å². The Kier molecular flexibility index (Phi) is 5.55. The topological polar surface area (TPSA) is 63.6 Å². The second kappa shape index (κ2) is 8.41. The van der Waals surface area contributed by atoms with Crippen molar-refractivity contribution in [2.75, 3.05) is 13.2 Å². The van der Waals surface area contributed by atoms with E-state index in [1.807, 2.05) is 54.1 Å². The van der Waals surface area contributed by atoms with Crippen LogP contribution in [0, 0.1) is 5.92 Å². The molecule has 5 nitrogen and oxygen atoms in total. The highest BCUT2D eigenvalue weighted by Crippen LogP contribution is 2.27. The van der Waals surface area contributed by atoms with Crippen molar-refractivity contribution >= 4 is 34.4 Å². The minimum atomic E-state index is -0.215. The molecule has 3 heterocycles. The summed E-state index contributed by atoms with van der Waals surface area (Å²) in [6.07, 6.45) is 4.86. The van der Waals surface area contributed by atoms with Gasteiger partial charge in [-0.05, 0) is 48.8 Å². The number of hydrogen-bond donors (Lipinski definition) is 1. The predicted octanol–water partition coefficient (Wildman–Crippen LogP) is 4.50. The number of para-hydroxylation sites is 1. The van der Waals surface area contributed by atoms with Gasteiger partial charge in [-0.25, -0.2) is 10.4 Å². The van der Waals surface area contributed by atoms with E-state index in [9.17, 15) is 4.79 Å². The number of nitrogens with zero attached hydrogens (tertiary/aromatic N) is 2. The lowest BCUT2D eigenvalue weighted by Gasteiger charge is -2.09. The highest BCUT2D eigenvalue weighted by molar-refractivity contribution is 7.13. The molecular weight excluding hydrogens is 358 g/mol. The number of ether oxygens (including phenoxy) is 1. The number of hydrazone groups is 1. The van der Waals surface area contributed by atoms with Gasteiger partial charge in [0.15, 0.2) is 0 Å². The van der Waals surface area contributed by atoms with Gasteiger partial charge in [-0.1, -0.05) is 24.3 Å². The summed E-state index contributed by atoms with van der Waals surface area (Å²) in [6.45, 7) is 1.56. The first-order valence-electron chi connectivity index (χ1n) is 9.16. The second-order valence-electron chi connectivity index (χ2n) is 6.57. The Balaban J connectivity index is 1.58. The van der Waals surface area contributed by atoms with E-state index in [0.29, 0.717) is 11.5 Å². The Morgan fingerprint density at radius 1 is 1.22 bits per heavy atom. The number of hydrogen-bond acceptors (Lipinski definition) is 5. The molecule has 0 bridgehead atoms. The summed E-state index contributed by atoms with van der Waals surface area (Å²) in [4.78, 5) is 18.6. The summed E-state index contributed by atoms with van der Waals surface area (Å²) >= 11 is 1.61. The minimum absolute atomic E-state index is 0.215. The number of rotatable bonds is 4. The summed E-state index contributed by atoms with van der Waals surface area (Å²) in [7, 11) is 0. The van der Waals surface area contributed by atoms with Gasteiger partial charge < -0.3 is 4.74 Å². The van der Waals surface area contributed by atoms with E-state index in [1.165, 1.54) is 0 Å². The number of fused-ring (bicyclic) bond motifs is 1. The van der Waals surface area contributed by atoms with Crippen LogP contribution in [-0.2, 0) is 4.74 Å². The molecule has 2 aromatic heterocycles. The first kappa shape index (κ1) is 17.8. The molecule has 1 fully saturated rings. The van der Waals surface area contributed by atoms with Crippen molar-refractivity contribution in [3.8, 4) is 10.6 Å². The highest BCUT2D eigenvalue weighted by Gasteiger charge is 2.14. The molecule has 0 radical (unpaired) electrons. The molecule has 1 unspecified atom stereocenters. The van der Waals surface area contributed by atoms with E-state index < -0.39 is 0 Å². The number of carbonyl (C=O) groups is 1. The maximum atomic E-state index is 12.8. The number of thiophene rings is 1. The average Bonchev–Trinajstić information content (AvgIpc) is 3.12. The Bertz CT molecular complexity index is 945. The van der Waals surface area contributed by atoms with Gasteiger partial charge >= 0.3 is 0 Å². The standard InChI is InChI=1S/C21H21N3O2S/c25-21(24-22-14-15-5-3-10-26-11-9-15)17-13-19(20-8-4-12-27-20)23-18-7-2-1-6-16(17)18/h1-2,4,6-8,12-15H,3,5,9-11H2,(H,24,25)/b22-14+. The Labute approximate surface area is 162 Å². The van der Waals surface area contributed by atoms with Crippen molar-refractivity contribution in [3.05, 3.63) is 53.4 Å². The van der Waals surface area contributed by atoms with Gasteiger partial charge in [-0.15, -0.1) is 11.3 Å². The van der Waals surface area contributed by atoms with E-state index >= 15 is 0 Å². The lowest BCUT2D eigenvalue weighted by molar-refractivity contribution is 0.0956. The van der Waals surface area contributed by atoms with Crippen LogP contribution in [0.3, 0.4) is 0 Å². The number of benzene rings is 1. The van der Waals surface area contributed by atoms with Crippen LogP contribution < -0.4 is 5.43 Å². The van der Waals surface area contributed by atoms with Crippen LogP contribution in [0.15, 0.2) is 52.9 Å². The molecule has 27 heavy (non-hydrogen) atoms. The minimum Gasteiger partial charge on any atom is -0.381 e. The van der Waals surface area contributed by atoms with Crippen LogP contribution in [0.4, 0.5) is 0 Å². The zero-order valence-electron chi connectivity index (χ0n) is 14.9. The summed E-state index contributed by atoms with van der Waals surface area (Å²) in [5, 5.41) is 7.05. The van der Waals surface area contributed by atoms with Crippen LogP contribution >= 0.6 is 11.3 Å². The molecule has 1 aromatic carbocycles. The fourth-order valence-electron chi connectivity index (χ4n) is 3.25. The SMILES string of the molecule is O=C(N/N=C/C1CCCOCC1)c1cc(-c2cccs2)nc2ccccc12. The fourth-order valence-corrected chi connectivity index (χ4v) is 3.94. The molecule has 3 aromatic rings. The lowest BCUT2D eigenvalue weighted by atomic mass is 10.0. The Morgan fingerprint density at radius 3 is 3.04 bits per heavy atom. The van der Waals surface area contributed by atoms with Crippen molar-refractivity contribution < 1.29 is 9.53 Å². The van der Waals surface area contributed by atoms with Crippen molar-refractivity contribution in [1.82, 2.24) is 10.4 Å². The normalized spacial score (nSPS) is 17.9. The van der Waals surface area contributed by atoms with Crippen LogP contribution in [0.1, 0.15) is 29.6 Å². The lowest BCUT2D eigenvalue weighted by Crippen LogP contribution is -2.19. The smallest absolute Gasteiger partial charge is 0.272 e. The van der Waals surface area contributed by atoms with Crippen molar-refractivity contribution in [3.63, 3.8) is 0 Å². The number of pyridine rings is 1. The van der Waals surface area contributed by atoms with Gasteiger partial charge in [-0.3, -0.25) is 4.79 Å². The van der Waals surface area contributed by atoms with Gasteiger partial charge in [0, 0.05) is 24.8 Å². The van der Waals surface area contributed by atoms with E-state index in [2.05, 4.69) is 10.5 Å².